The fourth-order valence-electron chi connectivity index (χ4n) is 2.37. The van der Waals surface area contributed by atoms with E-state index in [1.807, 2.05) is 37.3 Å². The number of nitrogens with zero attached hydrogens (tertiary/aromatic N) is 1. The first-order valence-corrected chi connectivity index (χ1v) is 7.89. The lowest BCUT2D eigenvalue weighted by Gasteiger charge is -2.17. The summed E-state index contributed by atoms with van der Waals surface area (Å²) in [6.07, 6.45) is 0. The molecule has 0 saturated heterocycles. The molecule has 25 heavy (non-hydrogen) atoms. The molecule has 0 spiro atoms. The summed E-state index contributed by atoms with van der Waals surface area (Å²) in [5, 5.41) is 17.6. The van der Waals surface area contributed by atoms with E-state index in [2.05, 4.69) is 10.6 Å². The predicted octanol–water partition coefficient (Wildman–Crippen LogP) is 2.97. The van der Waals surface area contributed by atoms with Gasteiger partial charge in [-0.3, -0.25) is 10.1 Å². The van der Waals surface area contributed by atoms with E-state index in [4.69, 9.17) is 4.74 Å². The van der Waals surface area contributed by atoms with Crippen molar-refractivity contribution in [3.05, 3.63) is 69.8 Å². The Balaban J connectivity index is 2.05. The van der Waals surface area contributed by atoms with Gasteiger partial charge in [-0.2, -0.15) is 0 Å². The van der Waals surface area contributed by atoms with E-state index in [1.54, 1.807) is 0 Å². The minimum Gasteiger partial charge on any atom is -0.465 e. The molecular weight excluding hydrogens is 322 g/mol. The third kappa shape index (κ3) is 5.02. The van der Waals surface area contributed by atoms with Gasteiger partial charge in [0.15, 0.2) is 0 Å². The van der Waals surface area contributed by atoms with E-state index >= 15 is 0 Å². The van der Waals surface area contributed by atoms with Crippen LogP contribution in [0.2, 0.25) is 0 Å². The SMILES string of the molecule is COC(=O)c1cccc([N+](=O)[O-])c1NCC(C)NCc1ccccc1. The lowest BCUT2D eigenvalue weighted by Crippen LogP contribution is -2.32. The number of ether oxygens (including phenoxy) is 1. The summed E-state index contributed by atoms with van der Waals surface area (Å²) < 4.78 is 4.71. The number of hydrogen-bond acceptors (Lipinski definition) is 6. The molecule has 2 rings (SSSR count). The molecule has 0 heterocycles. The van der Waals surface area contributed by atoms with E-state index in [0.29, 0.717) is 13.1 Å². The monoisotopic (exact) mass is 343 g/mol. The van der Waals surface area contributed by atoms with Gasteiger partial charge in [-0.15, -0.1) is 0 Å². The van der Waals surface area contributed by atoms with E-state index in [0.717, 1.165) is 5.56 Å². The zero-order valence-electron chi connectivity index (χ0n) is 14.2. The molecule has 2 aromatic carbocycles. The molecule has 1 unspecified atom stereocenters. The Bertz CT molecular complexity index is 734. The van der Waals surface area contributed by atoms with Crippen molar-refractivity contribution >= 4 is 17.3 Å². The summed E-state index contributed by atoms with van der Waals surface area (Å²) in [7, 11) is 1.25. The second kappa shape index (κ2) is 8.79. The van der Waals surface area contributed by atoms with Gasteiger partial charge in [-0.05, 0) is 18.6 Å². The number of para-hydroxylation sites is 1. The average Bonchev–Trinajstić information content (AvgIpc) is 2.64. The molecule has 0 radical (unpaired) electrons. The molecule has 0 aromatic heterocycles. The Morgan fingerprint density at radius 1 is 1.20 bits per heavy atom. The summed E-state index contributed by atoms with van der Waals surface area (Å²) in [5.74, 6) is -0.615. The quantitative estimate of drug-likeness (QED) is 0.435. The number of methoxy groups -OCH3 is 1. The highest BCUT2D eigenvalue weighted by atomic mass is 16.6. The number of hydrogen-bond donors (Lipinski definition) is 2. The van der Waals surface area contributed by atoms with Gasteiger partial charge in [0, 0.05) is 25.2 Å². The average molecular weight is 343 g/mol. The predicted molar refractivity (Wildman–Crippen MR) is 95.7 cm³/mol. The van der Waals surface area contributed by atoms with Crippen LogP contribution < -0.4 is 10.6 Å². The number of nitrogens with one attached hydrogen (secondary N) is 2. The summed E-state index contributed by atoms with van der Waals surface area (Å²) >= 11 is 0. The number of carbonyl (C=O) groups is 1. The Morgan fingerprint density at radius 3 is 2.56 bits per heavy atom. The highest BCUT2D eigenvalue weighted by Crippen LogP contribution is 2.28. The Hall–Kier alpha value is -2.93. The number of anilines is 1. The number of benzene rings is 2. The first-order valence-electron chi connectivity index (χ1n) is 7.89. The molecule has 0 bridgehead atoms. The topological polar surface area (TPSA) is 93.5 Å². The van der Waals surface area contributed by atoms with Crippen LogP contribution in [0.15, 0.2) is 48.5 Å². The van der Waals surface area contributed by atoms with Gasteiger partial charge in [0.2, 0.25) is 0 Å². The van der Waals surface area contributed by atoms with E-state index in [1.165, 1.54) is 25.3 Å². The summed E-state index contributed by atoms with van der Waals surface area (Å²) in [4.78, 5) is 22.6. The maximum Gasteiger partial charge on any atom is 0.340 e. The molecule has 2 aromatic rings. The Morgan fingerprint density at radius 2 is 1.92 bits per heavy atom. The largest absolute Gasteiger partial charge is 0.465 e. The second-order valence-electron chi connectivity index (χ2n) is 5.60. The van der Waals surface area contributed by atoms with Crippen molar-refractivity contribution in [2.24, 2.45) is 0 Å². The number of nitro benzene ring substituents is 1. The number of nitro groups is 1. The Kier molecular flexibility index (Phi) is 6.47. The van der Waals surface area contributed by atoms with Crippen LogP contribution in [0.4, 0.5) is 11.4 Å². The second-order valence-corrected chi connectivity index (χ2v) is 5.60. The normalized spacial score (nSPS) is 11.6. The molecule has 0 aliphatic carbocycles. The van der Waals surface area contributed by atoms with Gasteiger partial charge in [-0.1, -0.05) is 36.4 Å². The van der Waals surface area contributed by atoms with Crippen LogP contribution in [0, 0.1) is 10.1 Å². The number of rotatable bonds is 8. The summed E-state index contributed by atoms with van der Waals surface area (Å²) in [6, 6.07) is 14.3. The fraction of sp³-hybridized carbons (Fsp3) is 0.278. The fourth-order valence-corrected chi connectivity index (χ4v) is 2.37. The van der Waals surface area contributed by atoms with Crippen molar-refractivity contribution < 1.29 is 14.5 Å². The van der Waals surface area contributed by atoms with E-state index < -0.39 is 10.9 Å². The third-order valence-corrected chi connectivity index (χ3v) is 3.73. The molecule has 0 aliphatic rings. The van der Waals surface area contributed by atoms with E-state index in [9.17, 15) is 14.9 Å². The minimum absolute atomic E-state index is 0.0329. The van der Waals surface area contributed by atoms with Crippen LogP contribution in [0.25, 0.3) is 0 Å². The van der Waals surface area contributed by atoms with Crippen LogP contribution in [-0.2, 0) is 11.3 Å². The molecule has 7 nitrogen and oxygen atoms in total. The standard InChI is InChI=1S/C18H21N3O4/c1-13(19-12-14-7-4-3-5-8-14)11-20-17-15(18(22)25-2)9-6-10-16(17)21(23)24/h3-10,13,19-20H,11-12H2,1-2H3. The van der Waals surface area contributed by atoms with Crippen LogP contribution >= 0.6 is 0 Å². The van der Waals surface area contributed by atoms with Crippen LogP contribution in [0.1, 0.15) is 22.8 Å². The molecule has 0 saturated carbocycles. The molecule has 0 fully saturated rings. The smallest absolute Gasteiger partial charge is 0.340 e. The van der Waals surface area contributed by atoms with Crippen molar-refractivity contribution in [1.82, 2.24) is 5.32 Å². The van der Waals surface area contributed by atoms with Gasteiger partial charge in [0.05, 0.1) is 17.6 Å². The van der Waals surface area contributed by atoms with Gasteiger partial charge in [0.1, 0.15) is 5.69 Å². The summed E-state index contributed by atoms with van der Waals surface area (Å²) in [6.45, 7) is 3.06. The zero-order valence-corrected chi connectivity index (χ0v) is 14.2. The summed E-state index contributed by atoms with van der Waals surface area (Å²) in [5.41, 5.74) is 1.31. The maximum atomic E-state index is 11.9. The van der Waals surface area contributed by atoms with Gasteiger partial charge < -0.3 is 15.4 Å². The van der Waals surface area contributed by atoms with Crippen LogP contribution in [0.5, 0.6) is 0 Å². The molecule has 7 heteroatoms. The van der Waals surface area contributed by atoms with Crippen molar-refractivity contribution in [3.63, 3.8) is 0 Å². The molecule has 2 N–H and O–H groups in total. The lowest BCUT2D eigenvalue weighted by atomic mass is 10.1. The van der Waals surface area contributed by atoms with Gasteiger partial charge in [-0.25, -0.2) is 4.79 Å². The minimum atomic E-state index is -0.615. The lowest BCUT2D eigenvalue weighted by molar-refractivity contribution is -0.384. The van der Waals surface area contributed by atoms with Gasteiger partial charge in [0.25, 0.3) is 5.69 Å². The first kappa shape index (κ1) is 18.4. The van der Waals surface area contributed by atoms with Crippen molar-refractivity contribution in [3.8, 4) is 0 Å². The Labute approximate surface area is 146 Å². The molecule has 0 amide bonds. The number of carbonyl (C=O) groups excluding carboxylic acids is 1. The molecule has 0 aliphatic heterocycles. The number of esters is 1. The highest BCUT2D eigenvalue weighted by Gasteiger charge is 2.22. The first-order chi connectivity index (χ1) is 12.0. The van der Waals surface area contributed by atoms with E-state index in [-0.39, 0.29) is 23.0 Å². The molecule has 132 valence electrons. The molecular formula is C18H21N3O4. The third-order valence-electron chi connectivity index (χ3n) is 3.73. The molecule has 1 atom stereocenters. The van der Waals surface area contributed by atoms with Crippen molar-refractivity contribution in [2.75, 3.05) is 19.0 Å². The van der Waals surface area contributed by atoms with Crippen molar-refractivity contribution in [1.29, 1.82) is 0 Å². The van der Waals surface area contributed by atoms with Gasteiger partial charge >= 0.3 is 5.97 Å². The maximum absolute atomic E-state index is 11.9. The zero-order chi connectivity index (χ0) is 18.2. The van der Waals surface area contributed by atoms with Crippen LogP contribution in [-0.4, -0.2) is 30.6 Å². The van der Waals surface area contributed by atoms with Crippen molar-refractivity contribution in [2.45, 2.75) is 19.5 Å². The highest BCUT2D eigenvalue weighted by molar-refractivity contribution is 5.98. The van der Waals surface area contributed by atoms with Crippen LogP contribution in [0.3, 0.4) is 0 Å².